The summed E-state index contributed by atoms with van der Waals surface area (Å²) in [6.07, 6.45) is 1.76. The van der Waals surface area contributed by atoms with Gasteiger partial charge in [0.05, 0.1) is 23.3 Å². The van der Waals surface area contributed by atoms with E-state index in [1.807, 2.05) is 29.7 Å². The predicted molar refractivity (Wildman–Crippen MR) is 74.8 cm³/mol. The van der Waals surface area contributed by atoms with Crippen molar-refractivity contribution in [3.63, 3.8) is 0 Å². The first-order valence-corrected chi connectivity index (χ1v) is 6.14. The van der Waals surface area contributed by atoms with Crippen molar-refractivity contribution in [2.45, 2.75) is 20.4 Å². The Labute approximate surface area is 111 Å². The topological polar surface area (TPSA) is 69.6 Å². The molecule has 0 bridgehead atoms. The summed E-state index contributed by atoms with van der Waals surface area (Å²) in [7, 11) is 0. The lowest BCUT2D eigenvalue weighted by Gasteiger charge is -2.06. The molecule has 5 nitrogen and oxygen atoms in total. The maximum Gasteiger partial charge on any atom is 0.201 e. The van der Waals surface area contributed by atoms with Gasteiger partial charge < -0.3 is 10.3 Å². The largest absolute Gasteiger partial charge is 0.369 e. The average Bonchev–Trinajstić information content (AvgIpc) is 2.66. The number of nitrogen functional groups attached to an aromatic ring is 1. The zero-order chi connectivity index (χ0) is 13.4. The molecule has 3 aromatic rings. The first-order chi connectivity index (χ1) is 9.13. The summed E-state index contributed by atoms with van der Waals surface area (Å²) in [6, 6.07) is 8.01. The van der Waals surface area contributed by atoms with Crippen LogP contribution < -0.4 is 5.73 Å². The minimum absolute atomic E-state index is 0.511. The van der Waals surface area contributed by atoms with Crippen LogP contribution in [0.3, 0.4) is 0 Å². The highest BCUT2D eigenvalue weighted by Crippen LogP contribution is 2.20. The molecule has 2 N–H and O–H groups in total. The predicted octanol–water partition coefficient (Wildman–Crippen LogP) is 2.07. The minimum Gasteiger partial charge on any atom is -0.369 e. The standard InChI is InChI=1S/C14H15N5/c1-9-3-4-12-13(7-9)19(14(15)18-12)8-11-5-6-16-10(2)17-11/h3-7H,8H2,1-2H3,(H2,15,18). The van der Waals surface area contributed by atoms with Crippen LogP contribution in [0.4, 0.5) is 5.95 Å². The molecule has 2 aromatic heterocycles. The summed E-state index contributed by atoms with van der Waals surface area (Å²) in [5.74, 6) is 1.27. The number of hydrogen-bond donors (Lipinski definition) is 1. The summed E-state index contributed by atoms with van der Waals surface area (Å²) in [4.78, 5) is 12.9. The van der Waals surface area contributed by atoms with Crippen LogP contribution in [-0.4, -0.2) is 19.5 Å². The molecule has 1 aromatic carbocycles. The highest BCUT2D eigenvalue weighted by Gasteiger charge is 2.09. The summed E-state index contributed by atoms with van der Waals surface area (Å²) < 4.78 is 1.98. The van der Waals surface area contributed by atoms with E-state index in [1.54, 1.807) is 6.20 Å². The van der Waals surface area contributed by atoms with Crippen LogP contribution in [0.25, 0.3) is 11.0 Å². The summed E-state index contributed by atoms with van der Waals surface area (Å²) in [6.45, 7) is 4.54. The van der Waals surface area contributed by atoms with E-state index in [9.17, 15) is 0 Å². The number of hydrogen-bond acceptors (Lipinski definition) is 4. The molecule has 0 radical (unpaired) electrons. The Hall–Kier alpha value is -2.43. The van der Waals surface area contributed by atoms with Crippen LogP contribution >= 0.6 is 0 Å². The second-order valence-corrected chi connectivity index (χ2v) is 4.64. The van der Waals surface area contributed by atoms with Gasteiger partial charge in [-0.05, 0) is 37.6 Å². The van der Waals surface area contributed by atoms with Crippen molar-refractivity contribution in [3.8, 4) is 0 Å². The number of aromatic nitrogens is 4. The van der Waals surface area contributed by atoms with Crippen molar-refractivity contribution in [1.82, 2.24) is 19.5 Å². The molecule has 0 spiro atoms. The highest BCUT2D eigenvalue weighted by atomic mass is 15.2. The van der Waals surface area contributed by atoms with Gasteiger partial charge in [-0.15, -0.1) is 0 Å². The van der Waals surface area contributed by atoms with Crippen molar-refractivity contribution in [3.05, 3.63) is 47.5 Å². The normalized spacial score (nSPS) is 11.1. The molecule has 19 heavy (non-hydrogen) atoms. The van der Waals surface area contributed by atoms with Crippen molar-refractivity contribution in [1.29, 1.82) is 0 Å². The number of rotatable bonds is 2. The number of imidazole rings is 1. The molecule has 0 saturated heterocycles. The monoisotopic (exact) mass is 253 g/mol. The molecule has 96 valence electrons. The second-order valence-electron chi connectivity index (χ2n) is 4.64. The molecule has 0 fully saturated rings. The Balaban J connectivity index is 2.09. The van der Waals surface area contributed by atoms with Gasteiger partial charge >= 0.3 is 0 Å². The van der Waals surface area contributed by atoms with Gasteiger partial charge in [0.1, 0.15) is 5.82 Å². The smallest absolute Gasteiger partial charge is 0.201 e. The van der Waals surface area contributed by atoms with Crippen LogP contribution in [-0.2, 0) is 6.54 Å². The van der Waals surface area contributed by atoms with Crippen LogP contribution in [0.5, 0.6) is 0 Å². The average molecular weight is 253 g/mol. The van der Waals surface area contributed by atoms with E-state index in [0.717, 1.165) is 22.6 Å². The zero-order valence-electron chi connectivity index (χ0n) is 11.0. The van der Waals surface area contributed by atoms with Crippen LogP contribution in [0.1, 0.15) is 17.1 Å². The first kappa shape index (κ1) is 11.6. The van der Waals surface area contributed by atoms with Crippen molar-refractivity contribution >= 4 is 17.0 Å². The van der Waals surface area contributed by atoms with Crippen LogP contribution in [0.15, 0.2) is 30.5 Å². The van der Waals surface area contributed by atoms with Crippen LogP contribution in [0.2, 0.25) is 0 Å². The quantitative estimate of drug-likeness (QED) is 0.759. The number of anilines is 1. The van der Waals surface area contributed by atoms with E-state index in [-0.39, 0.29) is 0 Å². The van der Waals surface area contributed by atoms with E-state index >= 15 is 0 Å². The number of fused-ring (bicyclic) bond motifs is 1. The molecule has 0 amide bonds. The fourth-order valence-electron chi connectivity index (χ4n) is 2.17. The third-order valence-corrected chi connectivity index (χ3v) is 3.09. The maximum absolute atomic E-state index is 6.00. The number of benzene rings is 1. The Kier molecular flexibility index (Phi) is 2.67. The van der Waals surface area contributed by atoms with E-state index < -0.39 is 0 Å². The van der Waals surface area contributed by atoms with Gasteiger partial charge in [-0.25, -0.2) is 15.0 Å². The maximum atomic E-state index is 6.00. The lowest BCUT2D eigenvalue weighted by molar-refractivity contribution is 0.794. The first-order valence-electron chi connectivity index (χ1n) is 6.14. The summed E-state index contributed by atoms with van der Waals surface area (Å²) >= 11 is 0. The molecule has 0 saturated carbocycles. The van der Waals surface area contributed by atoms with E-state index in [4.69, 9.17) is 5.73 Å². The molecule has 0 aliphatic rings. The van der Waals surface area contributed by atoms with Crippen LogP contribution in [0, 0.1) is 13.8 Å². The minimum atomic E-state index is 0.511. The number of aryl methyl sites for hydroxylation is 2. The van der Waals surface area contributed by atoms with Gasteiger partial charge in [0.2, 0.25) is 5.95 Å². The Bertz CT molecular complexity index is 745. The zero-order valence-corrected chi connectivity index (χ0v) is 11.0. The van der Waals surface area contributed by atoms with Crippen molar-refractivity contribution in [2.24, 2.45) is 0 Å². The number of nitrogens with zero attached hydrogens (tertiary/aromatic N) is 4. The van der Waals surface area contributed by atoms with Gasteiger partial charge in [0.15, 0.2) is 0 Å². The molecule has 2 heterocycles. The highest BCUT2D eigenvalue weighted by molar-refractivity contribution is 5.79. The third kappa shape index (κ3) is 2.14. The Morgan fingerprint density at radius 2 is 2.00 bits per heavy atom. The fourth-order valence-corrected chi connectivity index (χ4v) is 2.17. The lowest BCUT2D eigenvalue weighted by Crippen LogP contribution is -2.07. The molecular formula is C14H15N5. The molecule has 0 aliphatic heterocycles. The van der Waals surface area contributed by atoms with Gasteiger partial charge in [0, 0.05) is 6.20 Å². The van der Waals surface area contributed by atoms with Gasteiger partial charge in [-0.2, -0.15) is 0 Å². The molecular weight excluding hydrogens is 238 g/mol. The Morgan fingerprint density at radius 3 is 2.79 bits per heavy atom. The Morgan fingerprint density at radius 1 is 1.16 bits per heavy atom. The van der Waals surface area contributed by atoms with Gasteiger partial charge in [-0.1, -0.05) is 6.07 Å². The van der Waals surface area contributed by atoms with Crippen molar-refractivity contribution in [2.75, 3.05) is 5.73 Å². The fraction of sp³-hybridized carbons (Fsp3) is 0.214. The van der Waals surface area contributed by atoms with Gasteiger partial charge in [0.25, 0.3) is 0 Å². The molecule has 3 rings (SSSR count). The van der Waals surface area contributed by atoms with E-state index in [0.29, 0.717) is 12.5 Å². The van der Waals surface area contributed by atoms with Crippen molar-refractivity contribution < 1.29 is 0 Å². The summed E-state index contributed by atoms with van der Waals surface area (Å²) in [5.41, 5.74) is 10.1. The molecule has 0 aliphatic carbocycles. The number of nitrogens with two attached hydrogens (primary N) is 1. The third-order valence-electron chi connectivity index (χ3n) is 3.09. The lowest BCUT2D eigenvalue weighted by atomic mass is 10.2. The SMILES string of the molecule is Cc1ccc2nc(N)n(Cc3ccnc(C)n3)c2c1. The molecule has 0 atom stereocenters. The molecule has 5 heteroatoms. The second kappa shape index (κ2) is 4.35. The van der Waals surface area contributed by atoms with E-state index in [2.05, 4.69) is 27.9 Å². The van der Waals surface area contributed by atoms with Gasteiger partial charge in [-0.3, -0.25) is 0 Å². The van der Waals surface area contributed by atoms with E-state index in [1.165, 1.54) is 5.56 Å². The molecule has 0 unspecified atom stereocenters. The summed E-state index contributed by atoms with van der Waals surface area (Å²) in [5, 5.41) is 0.